The second-order valence-electron chi connectivity index (χ2n) is 6.13. The molecule has 0 bridgehead atoms. The third-order valence-corrected chi connectivity index (χ3v) is 4.55. The molecule has 0 atom stereocenters. The van der Waals surface area contributed by atoms with Crippen molar-refractivity contribution in [2.75, 3.05) is 20.3 Å². The lowest BCUT2D eigenvalue weighted by Crippen LogP contribution is -2.25. The number of benzene rings is 1. The third-order valence-electron chi connectivity index (χ3n) is 4.55. The van der Waals surface area contributed by atoms with Crippen molar-refractivity contribution >= 4 is 5.91 Å². The molecule has 0 fully saturated rings. The van der Waals surface area contributed by atoms with E-state index in [0.29, 0.717) is 42.7 Å². The normalized spacial score (nSPS) is 15.4. The number of amides is 1. The third kappa shape index (κ3) is 3.01. The number of carbonyl (C=O) groups is 1. The van der Waals surface area contributed by atoms with E-state index in [1.807, 2.05) is 6.07 Å². The minimum absolute atomic E-state index is 0.233. The number of aromatic nitrogens is 1. The van der Waals surface area contributed by atoms with Gasteiger partial charge in [-0.15, -0.1) is 0 Å². The summed E-state index contributed by atoms with van der Waals surface area (Å²) in [5.74, 6) is 2.57. The molecule has 25 heavy (non-hydrogen) atoms. The van der Waals surface area contributed by atoms with Gasteiger partial charge in [-0.05, 0) is 25.3 Å². The summed E-state index contributed by atoms with van der Waals surface area (Å²) >= 11 is 0. The molecule has 2 aromatic rings. The van der Waals surface area contributed by atoms with Gasteiger partial charge in [-0.1, -0.05) is 5.16 Å². The molecule has 0 spiro atoms. The molecule has 7 heteroatoms. The standard InChI is InChI=1S/C18H20N2O5/c1-22-14-9-16-15(23-6-7-24-16)8-11(14)10-19-18(21)17-12-4-2-3-5-13(12)25-20-17/h8-9H,2-7,10H2,1H3,(H,19,21). The molecule has 2 aliphatic rings. The Labute approximate surface area is 145 Å². The van der Waals surface area contributed by atoms with Gasteiger partial charge in [0.05, 0.1) is 7.11 Å². The van der Waals surface area contributed by atoms with Crippen LogP contribution in [0, 0.1) is 0 Å². The van der Waals surface area contributed by atoms with Gasteiger partial charge in [0.1, 0.15) is 24.7 Å². The second kappa shape index (κ2) is 6.66. The van der Waals surface area contributed by atoms with E-state index in [4.69, 9.17) is 18.7 Å². The topological polar surface area (TPSA) is 82.8 Å². The molecule has 1 aliphatic heterocycles. The Morgan fingerprint density at radius 3 is 2.76 bits per heavy atom. The number of nitrogens with one attached hydrogen (secondary N) is 1. The molecule has 1 N–H and O–H groups in total. The number of ether oxygens (including phenoxy) is 3. The van der Waals surface area contributed by atoms with Crippen LogP contribution in [0.3, 0.4) is 0 Å². The molecule has 1 amide bonds. The zero-order valence-electron chi connectivity index (χ0n) is 14.1. The molecular formula is C18H20N2O5. The molecule has 1 aromatic carbocycles. The molecule has 0 saturated carbocycles. The van der Waals surface area contributed by atoms with Crippen molar-refractivity contribution in [2.45, 2.75) is 32.2 Å². The Kier molecular flexibility index (Phi) is 4.21. The van der Waals surface area contributed by atoms with Crippen LogP contribution < -0.4 is 19.5 Å². The summed E-state index contributed by atoms with van der Waals surface area (Å²) < 4.78 is 21.9. The molecule has 7 nitrogen and oxygen atoms in total. The maximum absolute atomic E-state index is 12.5. The Morgan fingerprint density at radius 2 is 1.96 bits per heavy atom. The Hall–Kier alpha value is -2.70. The lowest BCUT2D eigenvalue weighted by Gasteiger charge is -2.20. The highest BCUT2D eigenvalue weighted by Gasteiger charge is 2.24. The Bertz CT molecular complexity index is 799. The smallest absolute Gasteiger partial charge is 0.274 e. The number of nitrogens with zero attached hydrogens (tertiary/aromatic N) is 1. The van der Waals surface area contributed by atoms with E-state index < -0.39 is 0 Å². The van der Waals surface area contributed by atoms with Crippen molar-refractivity contribution in [2.24, 2.45) is 0 Å². The van der Waals surface area contributed by atoms with Crippen molar-refractivity contribution < 1.29 is 23.5 Å². The summed E-state index contributed by atoms with van der Waals surface area (Å²) in [6.45, 7) is 1.33. The van der Waals surface area contributed by atoms with Crippen LogP contribution in [0.25, 0.3) is 0 Å². The molecule has 2 heterocycles. The van der Waals surface area contributed by atoms with E-state index >= 15 is 0 Å². The lowest BCUT2D eigenvalue weighted by atomic mass is 9.96. The van der Waals surface area contributed by atoms with E-state index in [-0.39, 0.29) is 5.91 Å². The van der Waals surface area contributed by atoms with Crippen molar-refractivity contribution in [3.05, 3.63) is 34.7 Å². The van der Waals surface area contributed by atoms with Gasteiger partial charge >= 0.3 is 0 Å². The molecule has 1 aromatic heterocycles. The van der Waals surface area contributed by atoms with Crippen LogP contribution in [0.4, 0.5) is 0 Å². The summed E-state index contributed by atoms with van der Waals surface area (Å²) in [5.41, 5.74) is 2.15. The fourth-order valence-electron chi connectivity index (χ4n) is 3.26. The quantitative estimate of drug-likeness (QED) is 0.916. The van der Waals surface area contributed by atoms with Crippen LogP contribution in [-0.4, -0.2) is 31.4 Å². The monoisotopic (exact) mass is 344 g/mol. The van der Waals surface area contributed by atoms with Crippen molar-refractivity contribution in [3.8, 4) is 17.2 Å². The van der Waals surface area contributed by atoms with E-state index in [1.165, 1.54) is 0 Å². The average molecular weight is 344 g/mol. The SMILES string of the molecule is COc1cc2c(cc1CNC(=O)c1noc3c1CCCC3)OCCO2. The van der Waals surface area contributed by atoms with Crippen LogP contribution in [0.1, 0.15) is 40.2 Å². The average Bonchev–Trinajstić information content (AvgIpc) is 3.09. The van der Waals surface area contributed by atoms with E-state index in [1.54, 1.807) is 13.2 Å². The summed E-state index contributed by atoms with van der Waals surface area (Å²) in [4.78, 5) is 12.5. The lowest BCUT2D eigenvalue weighted by molar-refractivity contribution is 0.0940. The first-order valence-corrected chi connectivity index (χ1v) is 8.48. The van der Waals surface area contributed by atoms with Crippen molar-refractivity contribution in [1.29, 1.82) is 0 Å². The number of aryl methyl sites for hydroxylation is 1. The van der Waals surface area contributed by atoms with Crippen LogP contribution in [0.15, 0.2) is 16.7 Å². The van der Waals surface area contributed by atoms with Gasteiger partial charge in [-0.2, -0.15) is 0 Å². The highest BCUT2D eigenvalue weighted by molar-refractivity contribution is 5.93. The fraction of sp³-hybridized carbons (Fsp3) is 0.444. The van der Waals surface area contributed by atoms with Gasteiger partial charge in [0, 0.05) is 30.2 Å². The first kappa shape index (κ1) is 15.8. The highest BCUT2D eigenvalue weighted by atomic mass is 16.6. The maximum Gasteiger partial charge on any atom is 0.274 e. The molecule has 4 rings (SSSR count). The highest BCUT2D eigenvalue weighted by Crippen LogP contribution is 2.36. The van der Waals surface area contributed by atoms with Crippen LogP contribution in [0.5, 0.6) is 17.2 Å². The van der Waals surface area contributed by atoms with Gasteiger partial charge in [-0.3, -0.25) is 4.79 Å². The predicted octanol–water partition coefficient (Wildman–Crippen LogP) is 2.26. The number of hydrogen-bond donors (Lipinski definition) is 1. The number of hydrogen-bond acceptors (Lipinski definition) is 6. The van der Waals surface area contributed by atoms with Crippen LogP contribution in [-0.2, 0) is 19.4 Å². The molecule has 1 aliphatic carbocycles. The molecule has 0 saturated heterocycles. The van der Waals surface area contributed by atoms with Gasteiger partial charge in [0.25, 0.3) is 5.91 Å². The molecule has 0 radical (unpaired) electrons. The van der Waals surface area contributed by atoms with E-state index in [9.17, 15) is 4.79 Å². The fourth-order valence-corrected chi connectivity index (χ4v) is 3.26. The van der Waals surface area contributed by atoms with Gasteiger partial charge in [0.15, 0.2) is 17.2 Å². The van der Waals surface area contributed by atoms with E-state index in [0.717, 1.165) is 42.6 Å². The summed E-state index contributed by atoms with van der Waals surface area (Å²) in [5, 5.41) is 6.86. The summed E-state index contributed by atoms with van der Waals surface area (Å²) in [6, 6.07) is 3.62. The first-order valence-electron chi connectivity index (χ1n) is 8.48. The number of fused-ring (bicyclic) bond motifs is 2. The van der Waals surface area contributed by atoms with Gasteiger partial charge in [-0.25, -0.2) is 0 Å². The largest absolute Gasteiger partial charge is 0.496 e. The number of rotatable bonds is 4. The van der Waals surface area contributed by atoms with Gasteiger partial charge in [0.2, 0.25) is 0 Å². The zero-order valence-corrected chi connectivity index (χ0v) is 14.1. The summed E-state index contributed by atoms with van der Waals surface area (Å²) in [7, 11) is 1.59. The maximum atomic E-state index is 12.5. The molecule has 132 valence electrons. The van der Waals surface area contributed by atoms with Crippen molar-refractivity contribution in [3.63, 3.8) is 0 Å². The Balaban J connectivity index is 1.51. The molecule has 0 unspecified atom stereocenters. The van der Waals surface area contributed by atoms with Crippen molar-refractivity contribution in [1.82, 2.24) is 10.5 Å². The van der Waals surface area contributed by atoms with Crippen LogP contribution in [0.2, 0.25) is 0 Å². The minimum atomic E-state index is -0.233. The molecular weight excluding hydrogens is 324 g/mol. The Morgan fingerprint density at radius 1 is 1.20 bits per heavy atom. The van der Waals surface area contributed by atoms with E-state index in [2.05, 4.69) is 10.5 Å². The number of carbonyl (C=O) groups excluding carboxylic acids is 1. The first-order chi connectivity index (χ1) is 12.3. The zero-order chi connectivity index (χ0) is 17.2. The van der Waals surface area contributed by atoms with Gasteiger partial charge < -0.3 is 24.1 Å². The number of methoxy groups -OCH3 is 1. The van der Waals surface area contributed by atoms with Crippen LogP contribution >= 0.6 is 0 Å². The predicted molar refractivity (Wildman–Crippen MR) is 88.3 cm³/mol. The second-order valence-corrected chi connectivity index (χ2v) is 6.13. The summed E-state index contributed by atoms with van der Waals surface area (Å²) in [6.07, 6.45) is 3.84. The minimum Gasteiger partial charge on any atom is -0.496 e.